The zero-order chi connectivity index (χ0) is 49.4. The molecule has 1 aliphatic heterocycles. The van der Waals surface area contributed by atoms with Crippen LogP contribution in [0.4, 0.5) is 0 Å². The van der Waals surface area contributed by atoms with Crippen LogP contribution in [0.5, 0.6) is 0 Å². The van der Waals surface area contributed by atoms with Crippen LogP contribution in [0.1, 0.15) is 290 Å². The van der Waals surface area contributed by atoms with Crippen LogP contribution < -0.4 is 5.32 Å². The summed E-state index contributed by atoms with van der Waals surface area (Å²) in [6.45, 7) is 3.81. The first kappa shape index (κ1) is 64.7. The first-order chi connectivity index (χ1) is 33.3. The van der Waals surface area contributed by atoms with Gasteiger partial charge < -0.3 is 40.3 Å². The Bertz CT molecular complexity index is 1120. The highest BCUT2D eigenvalue weighted by Gasteiger charge is 2.44. The van der Waals surface area contributed by atoms with E-state index in [0.717, 1.165) is 38.5 Å². The topological polar surface area (TPSA) is 149 Å². The summed E-state index contributed by atoms with van der Waals surface area (Å²) in [5.74, 6) is -0.172. The number of rotatable bonds is 51. The van der Waals surface area contributed by atoms with E-state index >= 15 is 0 Å². The van der Waals surface area contributed by atoms with Gasteiger partial charge in [-0.3, -0.25) is 4.79 Å². The minimum atomic E-state index is -1.56. The Kier molecular flexibility index (Phi) is 46.9. The molecule has 1 heterocycles. The van der Waals surface area contributed by atoms with Crippen molar-refractivity contribution in [1.29, 1.82) is 0 Å². The summed E-state index contributed by atoms with van der Waals surface area (Å²) >= 11 is 0. The summed E-state index contributed by atoms with van der Waals surface area (Å²) in [6.07, 6.45) is 55.3. The number of carbonyl (C=O) groups is 1. The number of nitrogens with one attached hydrogen (secondary N) is 1. The summed E-state index contributed by atoms with van der Waals surface area (Å²) in [5.41, 5.74) is 0. The Labute approximate surface area is 419 Å². The normalized spacial score (nSPS) is 19.7. The van der Waals surface area contributed by atoms with Gasteiger partial charge >= 0.3 is 0 Å². The quantitative estimate of drug-likeness (QED) is 0.0261. The van der Waals surface area contributed by atoms with Crippen LogP contribution in [0.15, 0.2) is 24.3 Å². The molecule has 7 unspecified atom stereocenters. The fraction of sp³-hybridized carbons (Fsp3) is 0.915. The molecule has 0 bridgehead atoms. The monoisotopic (exact) mass is 964 g/mol. The number of aliphatic hydroxyl groups excluding tert-OH is 5. The van der Waals surface area contributed by atoms with Crippen LogP contribution in [0.3, 0.4) is 0 Å². The van der Waals surface area contributed by atoms with Gasteiger partial charge in [0.15, 0.2) is 6.29 Å². The van der Waals surface area contributed by atoms with Crippen molar-refractivity contribution in [2.75, 3.05) is 13.2 Å². The molecule has 0 aliphatic carbocycles. The third kappa shape index (κ3) is 38.4. The molecular weight excluding hydrogens is 851 g/mol. The van der Waals surface area contributed by atoms with Crippen LogP contribution >= 0.6 is 0 Å². The van der Waals surface area contributed by atoms with Gasteiger partial charge in [-0.05, 0) is 44.9 Å². The summed E-state index contributed by atoms with van der Waals surface area (Å²) in [4.78, 5) is 13.1. The average Bonchev–Trinajstić information content (AvgIpc) is 3.34. The summed E-state index contributed by atoms with van der Waals surface area (Å²) < 4.78 is 11.3. The zero-order valence-corrected chi connectivity index (χ0v) is 44.6. The third-order valence-corrected chi connectivity index (χ3v) is 14.3. The average molecular weight is 965 g/mol. The fourth-order valence-corrected chi connectivity index (χ4v) is 9.57. The molecule has 0 radical (unpaired) electrons. The minimum absolute atomic E-state index is 0.172. The van der Waals surface area contributed by atoms with E-state index in [1.807, 2.05) is 6.08 Å². The number of amides is 1. The van der Waals surface area contributed by atoms with Crippen molar-refractivity contribution in [3.8, 4) is 0 Å². The van der Waals surface area contributed by atoms with Crippen LogP contribution in [0, 0.1) is 0 Å². The lowest BCUT2D eigenvalue weighted by Gasteiger charge is -2.40. The predicted molar refractivity (Wildman–Crippen MR) is 286 cm³/mol. The molecule has 0 spiro atoms. The number of unbranched alkanes of at least 4 members (excludes halogenated alkanes) is 39. The van der Waals surface area contributed by atoms with Gasteiger partial charge in [0.1, 0.15) is 24.4 Å². The van der Waals surface area contributed by atoms with Crippen molar-refractivity contribution in [2.24, 2.45) is 0 Å². The number of hydrogen-bond donors (Lipinski definition) is 6. The van der Waals surface area contributed by atoms with E-state index in [0.29, 0.717) is 6.42 Å². The van der Waals surface area contributed by atoms with E-state index in [-0.39, 0.29) is 12.5 Å². The van der Waals surface area contributed by atoms with Gasteiger partial charge in [0, 0.05) is 6.42 Å². The first-order valence-corrected chi connectivity index (χ1v) is 29.6. The lowest BCUT2D eigenvalue weighted by Crippen LogP contribution is -2.60. The number of carbonyl (C=O) groups excluding carboxylic acids is 1. The van der Waals surface area contributed by atoms with Gasteiger partial charge in [-0.15, -0.1) is 0 Å². The molecule has 68 heavy (non-hydrogen) atoms. The number of ether oxygens (including phenoxy) is 2. The molecule has 6 N–H and O–H groups in total. The number of aliphatic hydroxyl groups is 5. The van der Waals surface area contributed by atoms with Gasteiger partial charge in [-0.1, -0.05) is 263 Å². The first-order valence-electron chi connectivity index (χ1n) is 29.6. The van der Waals surface area contributed by atoms with Crippen LogP contribution in [-0.2, 0) is 14.3 Å². The second kappa shape index (κ2) is 49.3. The van der Waals surface area contributed by atoms with Crippen molar-refractivity contribution in [1.82, 2.24) is 5.32 Å². The highest BCUT2D eigenvalue weighted by atomic mass is 16.7. The van der Waals surface area contributed by atoms with Gasteiger partial charge in [0.2, 0.25) is 5.91 Å². The summed E-state index contributed by atoms with van der Waals surface area (Å²) in [5, 5.41) is 54.5. The molecule has 1 fully saturated rings. The molecule has 0 aromatic heterocycles. The van der Waals surface area contributed by atoms with Crippen LogP contribution in [0.2, 0.25) is 0 Å². The van der Waals surface area contributed by atoms with Crippen LogP contribution in [0.25, 0.3) is 0 Å². The Morgan fingerprint density at radius 3 is 1.19 bits per heavy atom. The molecule has 1 amide bonds. The number of hydrogen-bond acceptors (Lipinski definition) is 8. The lowest BCUT2D eigenvalue weighted by molar-refractivity contribution is -0.302. The minimum Gasteiger partial charge on any atom is -0.394 e. The summed E-state index contributed by atoms with van der Waals surface area (Å²) in [7, 11) is 0. The highest BCUT2D eigenvalue weighted by Crippen LogP contribution is 2.23. The smallest absolute Gasteiger partial charge is 0.220 e. The van der Waals surface area contributed by atoms with Gasteiger partial charge in [-0.25, -0.2) is 0 Å². The molecule has 402 valence electrons. The maximum atomic E-state index is 13.1. The van der Waals surface area contributed by atoms with E-state index in [1.54, 1.807) is 6.08 Å². The SMILES string of the molecule is CCCCCCCCCC/C=C\CCCCCCCCCCCCCCCCCC(=O)NC(COC1OC(CO)C(O)C(O)C1O)C(O)/C=C/CCCCCCCCCCCCCCCCCC. The molecule has 9 nitrogen and oxygen atoms in total. The maximum Gasteiger partial charge on any atom is 0.220 e. The van der Waals surface area contributed by atoms with Crippen molar-refractivity contribution in [2.45, 2.75) is 333 Å². The molecule has 0 aromatic carbocycles. The predicted octanol–water partition coefficient (Wildman–Crippen LogP) is 14.6. The Morgan fingerprint density at radius 2 is 0.824 bits per heavy atom. The lowest BCUT2D eigenvalue weighted by atomic mass is 9.99. The van der Waals surface area contributed by atoms with Gasteiger partial charge in [-0.2, -0.15) is 0 Å². The molecule has 0 aromatic rings. The zero-order valence-electron chi connectivity index (χ0n) is 44.6. The molecule has 0 saturated carbocycles. The summed E-state index contributed by atoms with van der Waals surface area (Å²) in [6, 6.07) is -0.802. The molecular formula is C59H113NO8. The van der Waals surface area contributed by atoms with Crippen molar-refractivity contribution < 1.29 is 39.8 Å². The van der Waals surface area contributed by atoms with Crippen molar-refractivity contribution in [3.05, 3.63) is 24.3 Å². The fourth-order valence-electron chi connectivity index (χ4n) is 9.57. The molecule has 1 saturated heterocycles. The number of allylic oxidation sites excluding steroid dienone is 3. The molecule has 9 heteroatoms. The Hall–Kier alpha value is -1.33. The van der Waals surface area contributed by atoms with E-state index in [9.17, 15) is 30.3 Å². The maximum absolute atomic E-state index is 13.1. The second-order valence-electron chi connectivity index (χ2n) is 20.8. The van der Waals surface area contributed by atoms with E-state index < -0.39 is 49.5 Å². The van der Waals surface area contributed by atoms with Gasteiger partial charge in [0.25, 0.3) is 0 Å². The van der Waals surface area contributed by atoms with Gasteiger partial charge in [0.05, 0.1) is 25.4 Å². The second-order valence-corrected chi connectivity index (χ2v) is 20.8. The molecule has 1 rings (SSSR count). The van der Waals surface area contributed by atoms with E-state index in [1.165, 1.54) is 231 Å². The Morgan fingerprint density at radius 1 is 0.485 bits per heavy atom. The third-order valence-electron chi connectivity index (χ3n) is 14.3. The van der Waals surface area contributed by atoms with Crippen LogP contribution in [-0.4, -0.2) is 87.5 Å². The van der Waals surface area contributed by atoms with Crippen molar-refractivity contribution >= 4 is 5.91 Å². The largest absolute Gasteiger partial charge is 0.394 e. The molecule has 7 atom stereocenters. The van der Waals surface area contributed by atoms with Crippen molar-refractivity contribution in [3.63, 3.8) is 0 Å². The Balaban J connectivity index is 2.19. The standard InChI is InChI=1S/C59H113NO8/c1-3-5-7-9-11-13-15-17-19-21-23-24-25-26-27-28-29-30-31-33-35-37-39-41-43-45-47-49-55(63)60-52(51-67-59-58(66)57(65)56(64)54(50-61)68-59)53(62)48-46-44-42-40-38-36-34-32-22-20-18-16-14-12-10-8-6-4-2/h21,23,46,48,52-54,56-59,61-62,64-66H,3-20,22,24-45,47,49-51H2,1-2H3,(H,60,63)/b23-21-,48-46+. The molecule has 1 aliphatic rings. The van der Waals surface area contributed by atoms with E-state index in [2.05, 4.69) is 31.3 Å². The highest BCUT2D eigenvalue weighted by molar-refractivity contribution is 5.76. The van der Waals surface area contributed by atoms with E-state index in [4.69, 9.17) is 9.47 Å².